The van der Waals surface area contributed by atoms with Crippen LogP contribution in [0.4, 0.5) is 0 Å². The second-order valence-electron chi connectivity index (χ2n) is 5.88. The van der Waals surface area contributed by atoms with Crippen molar-refractivity contribution < 1.29 is 18.3 Å². The maximum Gasteiger partial charge on any atom is 0.242 e. The summed E-state index contributed by atoms with van der Waals surface area (Å²) >= 11 is 12.0. The fraction of sp³-hybridized carbons (Fsp3) is 0.333. The Morgan fingerprint density at radius 2 is 1.77 bits per heavy atom. The highest BCUT2D eigenvalue weighted by Gasteiger charge is 2.22. The van der Waals surface area contributed by atoms with Crippen molar-refractivity contribution in [3.63, 3.8) is 0 Å². The molecule has 1 atom stereocenters. The van der Waals surface area contributed by atoms with Gasteiger partial charge in [0.1, 0.15) is 4.90 Å². The number of hydrogen-bond donors (Lipinski definition) is 2. The molecule has 26 heavy (non-hydrogen) atoms. The molecule has 0 unspecified atom stereocenters. The van der Waals surface area contributed by atoms with Crippen molar-refractivity contribution in [1.29, 1.82) is 0 Å². The predicted molar refractivity (Wildman–Crippen MR) is 103 cm³/mol. The highest BCUT2D eigenvalue weighted by atomic mass is 35.5. The van der Waals surface area contributed by atoms with E-state index < -0.39 is 16.1 Å². The van der Waals surface area contributed by atoms with E-state index in [2.05, 4.69) is 4.72 Å². The molecule has 8 heteroatoms. The fourth-order valence-corrected chi connectivity index (χ4v) is 4.21. The van der Waals surface area contributed by atoms with Crippen molar-refractivity contribution in [3.05, 3.63) is 63.1 Å². The summed E-state index contributed by atoms with van der Waals surface area (Å²) in [6.45, 7) is 3.61. The van der Waals surface area contributed by atoms with E-state index in [9.17, 15) is 8.42 Å². The van der Waals surface area contributed by atoms with E-state index in [-0.39, 0.29) is 29.7 Å². The van der Waals surface area contributed by atoms with Gasteiger partial charge in [0.05, 0.1) is 24.3 Å². The lowest BCUT2D eigenvalue weighted by Crippen LogP contribution is -2.30. The lowest BCUT2D eigenvalue weighted by molar-refractivity contribution is 0.0309. The Morgan fingerprint density at radius 1 is 1.12 bits per heavy atom. The monoisotopic (exact) mass is 417 g/mol. The minimum absolute atomic E-state index is 0.00337. The summed E-state index contributed by atoms with van der Waals surface area (Å²) in [5.41, 5.74) is 2.51. The summed E-state index contributed by atoms with van der Waals surface area (Å²) in [6.07, 6.45) is -0.537. The van der Waals surface area contributed by atoms with E-state index in [0.29, 0.717) is 10.6 Å². The fourth-order valence-electron chi connectivity index (χ4n) is 2.35. The Kier molecular flexibility index (Phi) is 7.46. The van der Waals surface area contributed by atoms with Crippen molar-refractivity contribution >= 4 is 33.2 Å². The van der Waals surface area contributed by atoms with Crippen molar-refractivity contribution in [1.82, 2.24) is 4.72 Å². The SMILES string of the molecule is Cc1ccc([C@@H](CNS(=O)(=O)c2cc(C)c(Cl)cc2Cl)OCCO)cc1. The number of aliphatic hydroxyl groups is 1. The van der Waals surface area contributed by atoms with Crippen molar-refractivity contribution in [3.8, 4) is 0 Å². The van der Waals surface area contributed by atoms with Crippen molar-refractivity contribution in [2.24, 2.45) is 0 Å². The lowest BCUT2D eigenvalue weighted by Gasteiger charge is -2.19. The van der Waals surface area contributed by atoms with E-state index in [1.54, 1.807) is 6.92 Å². The maximum atomic E-state index is 12.6. The molecule has 0 aliphatic rings. The zero-order valence-electron chi connectivity index (χ0n) is 14.5. The number of ether oxygens (including phenoxy) is 1. The smallest absolute Gasteiger partial charge is 0.242 e. The standard InChI is InChI=1S/C18H21Cl2NO4S/c1-12-3-5-14(6-4-12)17(25-8-7-22)11-21-26(23,24)18-9-13(2)15(19)10-16(18)20/h3-6,9-10,17,21-22H,7-8,11H2,1-2H3/t17-/m1/s1. The number of benzene rings is 2. The molecule has 0 fully saturated rings. The van der Waals surface area contributed by atoms with Gasteiger partial charge < -0.3 is 9.84 Å². The molecule has 0 saturated carbocycles. The van der Waals surface area contributed by atoms with Crippen LogP contribution in [0.3, 0.4) is 0 Å². The van der Waals surface area contributed by atoms with E-state index >= 15 is 0 Å². The van der Waals surface area contributed by atoms with Gasteiger partial charge in [-0.15, -0.1) is 0 Å². The summed E-state index contributed by atoms with van der Waals surface area (Å²) < 4.78 is 33.4. The first-order valence-corrected chi connectivity index (χ1v) is 10.2. The third kappa shape index (κ3) is 5.42. The molecule has 0 aliphatic carbocycles. The van der Waals surface area contributed by atoms with Gasteiger partial charge in [-0.3, -0.25) is 0 Å². The Morgan fingerprint density at radius 3 is 2.38 bits per heavy atom. The average molecular weight is 418 g/mol. The Bertz CT molecular complexity index is 854. The van der Waals surface area contributed by atoms with Crippen LogP contribution >= 0.6 is 23.2 Å². The van der Waals surface area contributed by atoms with Crippen LogP contribution in [-0.2, 0) is 14.8 Å². The van der Waals surface area contributed by atoms with Gasteiger partial charge in [-0.1, -0.05) is 53.0 Å². The molecule has 2 rings (SSSR count). The molecule has 0 amide bonds. The third-order valence-corrected chi connectivity index (χ3v) is 6.12. The normalized spacial score (nSPS) is 13.0. The van der Waals surface area contributed by atoms with Crippen molar-refractivity contribution in [2.45, 2.75) is 24.8 Å². The molecule has 2 aromatic rings. The zero-order chi connectivity index (χ0) is 19.3. The Hall–Kier alpha value is -1.15. The van der Waals surface area contributed by atoms with Gasteiger partial charge in [-0.25, -0.2) is 13.1 Å². The van der Waals surface area contributed by atoms with Crippen LogP contribution in [0, 0.1) is 13.8 Å². The van der Waals surface area contributed by atoms with Crippen molar-refractivity contribution in [2.75, 3.05) is 19.8 Å². The number of aliphatic hydroxyl groups excluding tert-OH is 1. The first kappa shape index (κ1) is 21.2. The number of nitrogens with one attached hydrogen (secondary N) is 1. The third-order valence-electron chi connectivity index (χ3n) is 3.82. The molecule has 2 aromatic carbocycles. The molecule has 5 nitrogen and oxygen atoms in total. The highest BCUT2D eigenvalue weighted by molar-refractivity contribution is 7.89. The summed E-state index contributed by atoms with van der Waals surface area (Å²) in [5, 5.41) is 9.46. The van der Waals surface area contributed by atoms with Gasteiger partial charge in [0.2, 0.25) is 10.0 Å². The van der Waals surface area contributed by atoms with E-state index in [4.69, 9.17) is 33.0 Å². The molecule has 0 heterocycles. The largest absolute Gasteiger partial charge is 0.394 e. The lowest BCUT2D eigenvalue weighted by atomic mass is 10.1. The zero-order valence-corrected chi connectivity index (χ0v) is 16.8. The topological polar surface area (TPSA) is 75.6 Å². The van der Waals surface area contributed by atoms with Crippen LogP contribution in [-0.4, -0.2) is 33.3 Å². The molecule has 0 spiro atoms. The second-order valence-corrected chi connectivity index (χ2v) is 8.43. The van der Waals surface area contributed by atoms with Crippen LogP contribution in [0.15, 0.2) is 41.3 Å². The second kappa shape index (κ2) is 9.17. The summed E-state index contributed by atoms with van der Waals surface area (Å²) in [4.78, 5) is -0.0362. The van der Waals surface area contributed by atoms with Crippen LogP contribution in [0.1, 0.15) is 22.8 Å². The summed E-state index contributed by atoms with van der Waals surface area (Å²) in [6, 6.07) is 10.4. The molecule has 142 valence electrons. The average Bonchev–Trinajstić information content (AvgIpc) is 2.59. The first-order chi connectivity index (χ1) is 12.2. The number of hydrogen-bond acceptors (Lipinski definition) is 4. The summed E-state index contributed by atoms with van der Waals surface area (Å²) in [5.74, 6) is 0. The molecule has 0 radical (unpaired) electrons. The quantitative estimate of drug-likeness (QED) is 0.687. The van der Waals surface area contributed by atoms with Gasteiger partial charge in [0.15, 0.2) is 0 Å². The Labute approximate surface area is 164 Å². The Balaban J connectivity index is 2.21. The van der Waals surface area contributed by atoms with E-state index in [1.165, 1.54) is 12.1 Å². The van der Waals surface area contributed by atoms with Crippen LogP contribution in [0.25, 0.3) is 0 Å². The molecule has 0 aromatic heterocycles. The molecule has 2 N–H and O–H groups in total. The van der Waals surface area contributed by atoms with Gasteiger partial charge in [-0.05, 0) is 37.1 Å². The molecular formula is C18H21Cl2NO4S. The maximum absolute atomic E-state index is 12.6. The number of sulfonamides is 1. The minimum Gasteiger partial charge on any atom is -0.394 e. The molecule has 0 aliphatic heterocycles. The van der Waals surface area contributed by atoms with Gasteiger partial charge in [-0.2, -0.15) is 0 Å². The van der Waals surface area contributed by atoms with E-state index in [0.717, 1.165) is 11.1 Å². The minimum atomic E-state index is -3.85. The number of halogens is 2. The van der Waals surface area contributed by atoms with Crippen LogP contribution in [0.5, 0.6) is 0 Å². The predicted octanol–water partition coefficient (Wildman–Crippen LogP) is 3.64. The van der Waals surface area contributed by atoms with Gasteiger partial charge in [0, 0.05) is 11.6 Å². The number of aryl methyl sites for hydroxylation is 2. The number of rotatable bonds is 8. The van der Waals surface area contributed by atoms with Crippen LogP contribution in [0.2, 0.25) is 10.0 Å². The van der Waals surface area contributed by atoms with Gasteiger partial charge >= 0.3 is 0 Å². The molecular weight excluding hydrogens is 397 g/mol. The van der Waals surface area contributed by atoms with Crippen LogP contribution < -0.4 is 4.72 Å². The summed E-state index contributed by atoms with van der Waals surface area (Å²) in [7, 11) is -3.85. The highest BCUT2D eigenvalue weighted by Crippen LogP contribution is 2.28. The first-order valence-electron chi connectivity index (χ1n) is 7.99. The van der Waals surface area contributed by atoms with E-state index in [1.807, 2.05) is 31.2 Å². The molecule has 0 bridgehead atoms. The molecule has 0 saturated heterocycles. The van der Waals surface area contributed by atoms with Gasteiger partial charge in [0.25, 0.3) is 0 Å².